The van der Waals surface area contributed by atoms with Crippen LogP contribution in [0.1, 0.15) is 32.4 Å². The van der Waals surface area contributed by atoms with E-state index in [9.17, 15) is 14.3 Å². The number of amides is 1. The lowest BCUT2D eigenvalue weighted by Crippen LogP contribution is -2.38. The average Bonchev–Trinajstić information content (AvgIpc) is 2.28. The third kappa shape index (κ3) is 4.33. The molecule has 1 atom stereocenters. The fourth-order valence-corrected chi connectivity index (χ4v) is 1.60. The molecular weight excluding hydrogens is 235 g/mol. The van der Waals surface area contributed by atoms with Gasteiger partial charge in [0.25, 0.3) is 0 Å². The fraction of sp³-hybridized carbons (Fsp3) is 0.462. The summed E-state index contributed by atoms with van der Waals surface area (Å²) in [6, 6.07) is 3.53. The molecule has 4 nitrogen and oxygen atoms in total. The van der Waals surface area contributed by atoms with Gasteiger partial charge in [-0.1, -0.05) is 0 Å². The van der Waals surface area contributed by atoms with Gasteiger partial charge in [0.2, 0.25) is 5.91 Å². The maximum absolute atomic E-state index is 13.1. The molecule has 1 aromatic rings. The highest BCUT2D eigenvalue weighted by molar-refractivity contribution is 5.78. The van der Waals surface area contributed by atoms with Gasteiger partial charge >= 0.3 is 0 Å². The van der Waals surface area contributed by atoms with E-state index < -0.39 is 5.82 Å². The van der Waals surface area contributed by atoms with Crippen LogP contribution in [0, 0.1) is 5.82 Å². The maximum atomic E-state index is 13.1. The molecule has 1 rings (SSSR count). The number of phenolic OH excluding ortho intramolecular Hbond substituents is 1. The molecular formula is C13H19FN2O2. The van der Waals surface area contributed by atoms with Crippen LogP contribution in [-0.4, -0.2) is 23.6 Å². The van der Waals surface area contributed by atoms with Gasteiger partial charge in [0.1, 0.15) is 11.6 Å². The number of halogens is 1. The number of hydrogen-bond donors (Lipinski definition) is 3. The lowest BCUT2D eigenvalue weighted by atomic mass is 10.1. The Morgan fingerprint density at radius 2 is 2.06 bits per heavy atom. The van der Waals surface area contributed by atoms with Crippen molar-refractivity contribution in [3.8, 4) is 5.75 Å². The lowest BCUT2D eigenvalue weighted by molar-refractivity contribution is -0.120. The summed E-state index contributed by atoms with van der Waals surface area (Å²) < 4.78 is 13.1. The molecule has 0 radical (unpaired) electrons. The molecule has 0 spiro atoms. The van der Waals surface area contributed by atoms with Gasteiger partial charge in [-0.25, -0.2) is 4.39 Å². The molecule has 0 aliphatic heterocycles. The van der Waals surface area contributed by atoms with Gasteiger partial charge in [-0.2, -0.15) is 0 Å². The molecule has 0 saturated carbocycles. The van der Waals surface area contributed by atoms with Crippen LogP contribution in [0.15, 0.2) is 18.2 Å². The van der Waals surface area contributed by atoms with Crippen molar-refractivity contribution in [2.75, 3.05) is 6.54 Å². The zero-order chi connectivity index (χ0) is 13.7. The van der Waals surface area contributed by atoms with Gasteiger partial charge in [0.15, 0.2) is 0 Å². The van der Waals surface area contributed by atoms with Gasteiger partial charge in [-0.15, -0.1) is 0 Å². The number of hydrogen-bond acceptors (Lipinski definition) is 3. The normalized spacial score (nSPS) is 12.5. The molecule has 100 valence electrons. The first-order chi connectivity index (χ1) is 8.40. The molecule has 18 heavy (non-hydrogen) atoms. The van der Waals surface area contributed by atoms with Crippen molar-refractivity contribution >= 4 is 5.91 Å². The molecule has 0 aliphatic rings. The van der Waals surface area contributed by atoms with Crippen LogP contribution in [0.3, 0.4) is 0 Å². The summed E-state index contributed by atoms with van der Waals surface area (Å²) in [7, 11) is 0. The van der Waals surface area contributed by atoms with Gasteiger partial charge in [0, 0.05) is 17.6 Å². The standard InChI is InChI=1S/C13H19FN2O2/c1-8(2)16-13(18)7-15-9(3)11-6-10(14)4-5-12(11)17/h4-6,8-9,15,17H,7H2,1-3H3,(H,16,18). The zero-order valence-electron chi connectivity index (χ0n) is 10.8. The molecule has 0 heterocycles. The Morgan fingerprint density at radius 1 is 1.39 bits per heavy atom. The zero-order valence-corrected chi connectivity index (χ0v) is 10.8. The Balaban J connectivity index is 2.57. The molecule has 3 N–H and O–H groups in total. The van der Waals surface area contributed by atoms with Crippen LogP contribution in [0.2, 0.25) is 0 Å². The Bertz CT molecular complexity index is 421. The SMILES string of the molecule is CC(C)NC(=O)CNC(C)c1cc(F)ccc1O. The van der Waals surface area contributed by atoms with Crippen molar-refractivity contribution in [3.63, 3.8) is 0 Å². The second-order valence-corrected chi connectivity index (χ2v) is 4.53. The fourth-order valence-electron chi connectivity index (χ4n) is 1.60. The van der Waals surface area contributed by atoms with Gasteiger partial charge in [-0.05, 0) is 39.0 Å². The van der Waals surface area contributed by atoms with Gasteiger partial charge < -0.3 is 15.7 Å². The van der Waals surface area contributed by atoms with Crippen LogP contribution in [-0.2, 0) is 4.79 Å². The Morgan fingerprint density at radius 3 is 2.67 bits per heavy atom. The van der Waals surface area contributed by atoms with Crippen LogP contribution < -0.4 is 10.6 Å². The average molecular weight is 254 g/mol. The van der Waals surface area contributed by atoms with Crippen molar-refractivity contribution in [3.05, 3.63) is 29.6 Å². The minimum atomic E-state index is -0.414. The summed E-state index contributed by atoms with van der Waals surface area (Å²) in [4.78, 5) is 11.4. The van der Waals surface area contributed by atoms with Gasteiger partial charge in [-0.3, -0.25) is 4.79 Å². The highest BCUT2D eigenvalue weighted by Gasteiger charge is 2.12. The predicted octanol–water partition coefficient (Wildman–Crippen LogP) is 1.71. The first-order valence-electron chi connectivity index (χ1n) is 5.91. The first-order valence-corrected chi connectivity index (χ1v) is 5.91. The molecule has 1 aromatic carbocycles. The molecule has 0 aliphatic carbocycles. The highest BCUT2D eigenvalue weighted by Crippen LogP contribution is 2.24. The quantitative estimate of drug-likeness (QED) is 0.749. The number of aromatic hydroxyl groups is 1. The Labute approximate surface area is 106 Å². The van der Waals surface area contributed by atoms with Crippen molar-refractivity contribution in [2.24, 2.45) is 0 Å². The molecule has 1 unspecified atom stereocenters. The van der Waals surface area contributed by atoms with Crippen molar-refractivity contribution < 1.29 is 14.3 Å². The monoisotopic (exact) mass is 254 g/mol. The molecule has 0 aromatic heterocycles. The van der Waals surface area contributed by atoms with E-state index in [0.29, 0.717) is 5.56 Å². The van der Waals surface area contributed by atoms with E-state index in [2.05, 4.69) is 10.6 Å². The van der Waals surface area contributed by atoms with Crippen LogP contribution in [0.25, 0.3) is 0 Å². The maximum Gasteiger partial charge on any atom is 0.234 e. The minimum Gasteiger partial charge on any atom is -0.508 e. The molecule has 0 bridgehead atoms. The molecule has 1 amide bonds. The molecule has 0 saturated heterocycles. The molecule has 0 fully saturated rings. The van der Waals surface area contributed by atoms with Crippen molar-refractivity contribution in [1.29, 1.82) is 0 Å². The van der Waals surface area contributed by atoms with Crippen LogP contribution in [0.5, 0.6) is 5.75 Å². The topological polar surface area (TPSA) is 61.4 Å². The van der Waals surface area contributed by atoms with Crippen molar-refractivity contribution in [1.82, 2.24) is 10.6 Å². The summed E-state index contributed by atoms with van der Waals surface area (Å²) >= 11 is 0. The van der Waals surface area contributed by atoms with Crippen molar-refractivity contribution in [2.45, 2.75) is 32.9 Å². The third-order valence-electron chi connectivity index (χ3n) is 2.47. The Kier molecular flexibility index (Phi) is 5.09. The smallest absolute Gasteiger partial charge is 0.234 e. The van der Waals surface area contributed by atoms with E-state index in [1.807, 2.05) is 13.8 Å². The number of rotatable bonds is 5. The summed E-state index contributed by atoms with van der Waals surface area (Å²) in [5, 5.41) is 15.3. The van der Waals surface area contributed by atoms with Gasteiger partial charge in [0.05, 0.1) is 6.54 Å². The number of carbonyl (C=O) groups excluding carboxylic acids is 1. The number of nitrogens with one attached hydrogen (secondary N) is 2. The largest absolute Gasteiger partial charge is 0.508 e. The van der Waals surface area contributed by atoms with E-state index in [1.165, 1.54) is 18.2 Å². The Hall–Kier alpha value is -1.62. The van der Waals surface area contributed by atoms with E-state index >= 15 is 0 Å². The van der Waals surface area contributed by atoms with Crippen LogP contribution >= 0.6 is 0 Å². The van der Waals surface area contributed by atoms with E-state index in [-0.39, 0.29) is 30.3 Å². The lowest BCUT2D eigenvalue weighted by Gasteiger charge is -2.16. The summed E-state index contributed by atoms with van der Waals surface area (Å²) in [6.07, 6.45) is 0. The summed E-state index contributed by atoms with van der Waals surface area (Å²) in [6.45, 7) is 5.63. The third-order valence-corrected chi connectivity index (χ3v) is 2.47. The van der Waals surface area contributed by atoms with Crippen LogP contribution in [0.4, 0.5) is 4.39 Å². The number of phenols is 1. The summed E-state index contributed by atoms with van der Waals surface area (Å²) in [5.41, 5.74) is 0.437. The highest BCUT2D eigenvalue weighted by atomic mass is 19.1. The predicted molar refractivity (Wildman–Crippen MR) is 67.8 cm³/mol. The van der Waals surface area contributed by atoms with E-state index in [1.54, 1.807) is 6.92 Å². The second-order valence-electron chi connectivity index (χ2n) is 4.53. The minimum absolute atomic E-state index is 0.0145. The second kappa shape index (κ2) is 6.35. The van der Waals surface area contributed by atoms with E-state index in [0.717, 1.165) is 0 Å². The van der Waals surface area contributed by atoms with E-state index in [4.69, 9.17) is 0 Å². The summed E-state index contributed by atoms with van der Waals surface area (Å²) in [5.74, 6) is -0.531. The molecule has 5 heteroatoms. The number of benzene rings is 1. The number of carbonyl (C=O) groups is 1. The first kappa shape index (κ1) is 14.4.